The van der Waals surface area contributed by atoms with Crippen LogP contribution in [-0.4, -0.2) is 30.9 Å². The van der Waals surface area contributed by atoms with Crippen molar-refractivity contribution in [3.8, 4) is 5.75 Å². The zero-order chi connectivity index (χ0) is 12.8. The number of rotatable bonds is 2. The van der Waals surface area contributed by atoms with Crippen LogP contribution in [0, 0.1) is 5.92 Å². The summed E-state index contributed by atoms with van der Waals surface area (Å²) in [6.45, 7) is 2.23. The molecular formula is C13H20N4O. The van der Waals surface area contributed by atoms with Crippen molar-refractivity contribution in [1.82, 2.24) is 4.90 Å². The number of anilines is 2. The summed E-state index contributed by atoms with van der Waals surface area (Å²) in [7, 11) is 2.14. The zero-order valence-corrected chi connectivity index (χ0v) is 10.6. The molecule has 2 aliphatic rings. The number of nitrogens with one attached hydrogen (secondary N) is 1. The Morgan fingerprint density at radius 3 is 3.11 bits per heavy atom. The summed E-state index contributed by atoms with van der Waals surface area (Å²) >= 11 is 0. The minimum Gasteiger partial charge on any atom is -0.453 e. The van der Waals surface area contributed by atoms with E-state index in [1.165, 1.54) is 6.42 Å². The highest BCUT2D eigenvalue weighted by Gasteiger charge is 2.38. The maximum atomic E-state index is 6.29. The molecule has 3 rings (SSSR count). The molecule has 0 saturated carbocycles. The number of ether oxygens (including phenoxy) is 1. The lowest BCUT2D eigenvalue weighted by Gasteiger charge is -2.27. The van der Waals surface area contributed by atoms with Gasteiger partial charge in [0, 0.05) is 18.7 Å². The number of hydrogen-bond donors (Lipinski definition) is 3. The van der Waals surface area contributed by atoms with E-state index < -0.39 is 5.85 Å². The smallest absolute Gasteiger partial charge is 0.236 e. The third kappa shape index (κ3) is 2.11. The Labute approximate surface area is 107 Å². The monoisotopic (exact) mass is 248 g/mol. The second-order valence-electron chi connectivity index (χ2n) is 5.49. The van der Waals surface area contributed by atoms with Crippen LogP contribution < -0.4 is 21.5 Å². The Morgan fingerprint density at radius 1 is 1.56 bits per heavy atom. The molecule has 5 heteroatoms. The van der Waals surface area contributed by atoms with E-state index in [9.17, 15) is 0 Å². The highest BCUT2D eigenvalue weighted by Crippen LogP contribution is 2.39. The molecule has 5 nitrogen and oxygen atoms in total. The van der Waals surface area contributed by atoms with Crippen LogP contribution >= 0.6 is 0 Å². The molecule has 0 radical (unpaired) electrons. The first kappa shape index (κ1) is 11.6. The van der Waals surface area contributed by atoms with Gasteiger partial charge in [-0.15, -0.1) is 0 Å². The Hall–Kier alpha value is -1.46. The molecule has 0 spiro atoms. The highest BCUT2D eigenvalue weighted by atomic mass is 16.5. The number of fused-ring (bicyclic) bond motifs is 1. The van der Waals surface area contributed by atoms with Gasteiger partial charge in [0.1, 0.15) is 5.75 Å². The van der Waals surface area contributed by atoms with Crippen LogP contribution in [0.25, 0.3) is 0 Å². The van der Waals surface area contributed by atoms with Gasteiger partial charge in [-0.3, -0.25) is 5.73 Å². The van der Waals surface area contributed by atoms with Crippen LogP contribution in [0.4, 0.5) is 11.4 Å². The Kier molecular flexibility index (Phi) is 2.60. The lowest BCUT2D eigenvalue weighted by molar-refractivity contribution is 0.0953. The fourth-order valence-corrected chi connectivity index (χ4v) is 2.90. The topological polar surface area (TPSA) is 76.5 Å². The lowest BCUT2D eigenvalue weighted by Crippen LogP contribution is -2.51. The Bertz CT molecular complexity index is 464. The summed E-state index contributed by atoms with van der Waals surface area (Å²) in [5.41, 5.74) is 13.7. The van der Waals surface area contributed by atoms with Crippen molar-refractivity contribution in [2.75, 3.05) is 31.2 Å². The van der Waals surface area contributed by atoms with Gasteiger partial charge in [0.25, 0.3) is 0 Å². The predicted octanol–water partition coefficient (Wildman–Crippen LogP) is 1.03. The van der Waals surface area contributed by atoms with Crippen molar-refractivity contribution in [2.45, 2.75) is 18.7 Å². The quantitative estimate of drug-likeness (QED) is 0.681. The van der Waals surface area contributed by atoms with E-state index in [4.69, 9.17) is 16.2 Å². The van der Waals surface area contributed by atoms with Crippen molar-refractivity contribution < 1.29 is 4.74 Å². The van der Waals surface area contributed by atoms with Crippen LogP contribution in [0.15, 0.2) is 18.2 Å². The SMILES string of the molecule is CN1CCC(CC2(N)Nc3cc(N)ccc3O2)C1. The van der Waals surface area contributed by atoms with Crippen molar-refractivity contribution in [1.29, 1.82) is 0 Å². The molecule has 0 aromatic heterocycles. The Morgan fingerprint density at radius 2 is 2.39 bits per heavy atom. The first-order chi connectivity index (χ1) is 8.54. The van der Waals surface area contributed by atoms with Crippen molar-refractivity contribution in [2.24, 2.45) is 11.7 Å². The molecular weight excluding hydrogens is 228 g/mol. The number of hydrogen-bond acceptors (Lipinski definition) is 5. The van der Waals surface area contributed by atoms with Gasteiger partial charge in [-0.1, -0.05) is 0 Å². The first-order valence-corrected chi connectivity index (χ1v) is 6.38. The molecule has 2 aliphatic heterocycles. The molecule has 2 unspecified atom stereocenters. The van der Waals surface area contributed by atoms with Gasteiger partial charge in [-0.25, -0.2) is 0 Å². The molecule has 1 aromatic rings. The Balaban J connectivity index is 1.71. The fourth-order valence-electron chi connectivity index (χ4n) is 2.90. The van der Waals surface area contributed by atoms with E-state index in [0.717, 1.165) is 36.6 Å². The average molecular weight is 248 g/mol. The third-order valence-corrected chi connectivity index (χ3v) is 3.72. The fraction of sp³-hybridized carbons (Fsp3) is 0.538. The van der Waals surface area contributed by atoms with Gasteiger partial charge in [0.05, 0.1) is 5.69 Å². The van der Waals surface area contributed by atoms with Gasteiger partial charge in [0.15, 0.2) is 0 Å². The molecule has 1 fully saturated rings. The minimum absolute atomic E-state index is 0.583. The van der Waals surface area contributed by atoms with Crippen LogP contribution in [0.5, 0.6) is 5.75 Å². The molecule has 2 atom stereocenters. The maximum Gasteiger partial charge on any atom is 0.236 e. The second kappa shape index (κ2) is 4.03. The number of benzene rings is 1. The number of nitrogens with two attached hydrogens (primary N) is 2. The van der Waals surface area contributed by atoms with E-state index in [2.05, 4.69) is 17.3 Å². The predicted molar refractivity (Wildman–Crippen MR) is 72.2 cm³/mol. The van der Waals surface area contributed by atoms with Crippen molar-refractivity contribution in [3.63, 3.8) is 0 Å². The third-order valence-electron chi connectivity index (χ3n) is 3.72. The van der Waals surface area contributed by atoms with E-state index in [-0.39, 0.29) is 0 Å². The van der Waals surface area contributed by atoms with Gasteiger partial charge >= 0.3 is 0 Å². The molecule has 1 aromatic carbocycles. The average Bonchev–Trinajstić information content (AvgIpc) is 2.81. The molecule has 18 heavy (non-hydrogen) atoms. The second-order valence-corrected chi connectivity index (χ2v) is 5.49. The van der Waals surface area contributed by atoms with Crippen LogP contribution in [0.3, 0.4) is 0 Å². The molecule has 0 amide bonds. The van der Waals surface area contributed by atoms with Gasteiger partial charge in [-0.05, 0) is 44.1 Å². The van der Waals surface area contributed by atoms with Crippen molar-refractivity contribution in [3.05, 3.63) is 18.2 Å². The van der Waals surface area contributed by atoms with E-state index in [1.54, 1.807) is 0 Å². The molecule has 1 saturated heterocycles. The highest BCUT2D eigenvalue weighted by molar-refractivity contribution is 5.66. The molecule has 0 aliphatic carbocycles. The number of nitrogens with zero attached hydrogens (tertiary/aromatic N) is 1. The molecule has 5 N–H and O–H groups in total. The first-order valence-electron chi connectivity index (χ1n) is 6.38. The lowest BCUT2D eigenvalue weighted by atomic mass is 10.0. The van der Waals surface area contributed by atoms with Gasteiger partial charge < -0.3 is 20.7 Å². The van der Waals surface area contributed by atoms with E-state index in [0.29, 0.717) is 5.92 Å². The normalized spacial score (nSPS) is 30.9. The van der Waals surface area contributed by atoms with E-state index in [1.807, 2.05) is 18.2 Å². The zero-order valence-electron chi connectivity index (χ0n) is 10.6. The summed E-state index contributed by atoms with van der Waals surface area (Å²) in [5, 5.41) is 3.25. The summed E-state index contributed by atoms with van der Waals surface area (Å²) in [6.07, 6.45) is 1.99. The minimum atomic E-state index is -0.786. The van der Waals surface area contributed by atoms with Crippen LogP contribution in [0.2, 0.25) is 0 Å². The standard InChI is InChI=1S/C13H20N4O/c1-17-5-4-9(8-17)7-13(15)16-11-6-10(14)2-3-12(11)18-13/h2-3,6,9,16H,4-5,7-8,14-15H2,1H3. The molecule has 2 heterocycles. The van der Waals surface area contributed by atoms with Gasteiger partial charge in [-0.2, -0.15) is 0 Å². The van der Waals surface area contributed by atoms with Crippen molar-refractivity contribution >= 4 is 11.4 Å². The summed E-state index contributed by atoms with van der Waals surface area (Å²) in [5.74, 6) is 0.587. The van der Waals surface area contributed by atoms with E-state index >= 15 is 0 Å². The molecule has 98 valence electrons. The summed E-state index contributed by atoms with van der Waals surface area (Å²) in [6, 6.07) is 5.56. The number of likely N-dealkylation sites (tertiary alicyclic amines) is 1. The van der Waals surface area contributed by atoms with Crippen LogP contribution in [-0.2, 0) is 0 Å². The summed E-state index contributed by atoms with van der Waals surface area (Å²) in [4.78, 5) is 2.33. The van der Waals surface area contributed by atoms with Gasteiger partial charge in [0.2, 0.25) is 5.85 Å². The molecule has 0 bridgehead atoms. The summed E-state index contributed by atoms with van der Waals surface area (Å²) < 4.78 is 5.84. The van der Waals surface area contributed by atoms with Crippen LogP contribution in [0.1, 0.15) is 12.8 Å². The maximum absolute atomic E-state index is 6.29. The number of nitrogen functional groups attached to an aromatic ring is 1. The largest absolute Gasteiger partial charge is 0.453 e.